The molecule has 0 spiro atoms. The van der Waals surface area contributed by atoms with Crippen molar-refractivity contribution in [3.63, 3.8) is 0 Å². The number of rotatable bonds is 5. The minimum Gasteiger partial charge on any atom is -0.351 e. The van der Waals surface area contributed by atoms with Crippen molar-refractivity contribution in [2.45, 2.75) is 43.2 Å². The van der Waals surface area contributed by atoms with Gasteiger partial charge in [0, 0.05) is 24.9 Å². The first-order valence-electron chi connectivity index (χ1n) is 8.98. The molecular formula is C20H18F3N3O2. The molecule has 2 aromatic rings. The van der Waals surface area contributed by atoms with E-state index in [0.717, 1.165) is 22.7 Å². The number of fused-ring (bicyclic) bond motifs is 1. The molecule has 1 aromatic carbocycles. The molecule has 146 valence electrons. The van der Waals surface area contributed by atoms with Crippen LogP contribution in [0.2, 0.25) is 0 Å². The lowest BCUT2D eigenvalue weighted by atomic mass is 9.84. The number of amides is 2. The van der Waals surface area contributed by atoms with Gasteiger partial charge in [0.2, 0.25) is 6.41 Å². The number of alkyl halides is 2. The third kappa shape index (κ3) is 2.93. The largest absolute Gasteiger partial charge is 0.351 e. The molecule has 2 aliphatic rings. The zero-order valence-electron chi connectivity index (χ0n) is 14.9. The predicted octanol–water partition coefficient (Wildman–Crippen LogP) is 2.94. The molecule has 0 radical (unpaired) electrons. The Morgan fingerprint density at radius 2 is 2.00 bits per heavy atom. The van der Waals surface area contributed by atoms with Gasteiger partial charge in [-0.05, 0) is 24.0 Å². The molecule has 0 saturated heterocycles. The van der Waals surface area contributed by atoms with E-state index in [0.29, 0.717) is 18.4 Å². The van der Waals surface area contributed by atoms with Crippen molar-refractivity contribution in [2.24, 2.45) is 0 Å². The first kappa shape index (κ1) is 18.5. The number of nitrogens with zero attached hydrogens (tertiary/aromatic N) is 2. The van der Waals surface area contributed by atoms with Gasteiger partial charge < -0.3 is 5.32 Å². The molecule has 1 fully saturated rings. The normalized spacial score (nSPS) is 22.8. The summed E-state index contributed by atoms with van der Waals surface area (Å²) in [4.78, 5) is 30.3. The van der Waals surface area contributed by atoms with Crippen molar-refractivity contribution in [1.82, 2.24) is 10.3 Å². The van der Waals surface area contributed by atoms with Crippen molar-refractivity contribution in [2.75, 3.05) is 4.90 Å². The van der Waals surface area contributed by atoms with Crippen LogP contribution in [0, 0.1) is 5.82 Å². The summed E-state index contributed by atoms with van der Waals surface area (Å²) in [7, 11) is 0. The molecule has 1 heterocycles. The number of nitrogens with one attached hydrogen (secondary N) is 1. The number of pyridine rings is 1. The van der Waals surface area contributed by atoms with Crippen LogP contribution >= 0.6 is 0 Å². The molecule has 8 heteroatoms. The number of benzene rings is 1. The molecule has 28 heavy (non-hydrogen) atoms. The van der Waals surface area contributed by atoms with Crippen molar-refractivity contribution < 1.29 is 22.8 Å². The Morgan fingerprint density at radius 3 is 2.68 bits per heavy atom. The van der Waals surface area contributed by atoms with E-state index in [1.165, 1.54) is 6.20 Å². The molecule has 1 N–H and O–H groups in total. The minimum absolute atomic E-state index is 0.126. The van der Waals surface area contributed by atoms with E-state index in [9.17, 15) is 22.8 Å². The molecule has 0 bridgehead atoms. The summed E-state index contributed by atoms with van der Waals surface area (Å²) in [5, 5.41) is 2.66. The van der Waals surface area contributed by atoms with Crippen molar-refractivity contribution in [3.05, 3.63) is 59.7 Å². The summed E-state index contributed by atoms with van der Waals surface area (Å²) in [5.41, 5.74) is 0.169. The van der Waals surface area contributed by atoms with Crippen molar-refractivity contribution in [1.29, 1.82) is 0 Å². The molecule has 2 aliphatic carbocycles. The van der Waals surface area contributed by atoms with Crippen LogP contribution in [0.5, 0.6) is 0 Å². The highest BCUT2D eigenvalue weighted by Crippen LogP contribution is 2.45. The fourth-order valence-electron chi connectivity index (χ4n) is 4.16. The van der Waals surface area contributed by atoms with E-state index in [1.54, 1.807) is 12.1 Å². The summed E-state index contributed by atoms with van der Waals surface area (Å²) in [5.74, 6) is -3.98. The maximum absolute atomic E-state index is 13.7. The second-order valence-electron chi connectivity index (χ2n) is 7.29. The Bertz CT molecular complexity index is 928. The molecule has 4 rings (SSSR count). The number of anilines is 1. The summed E-state index contributed by atoms with van der Waals surface area (Å²) in [6.45, 7) is 0. The summed E-state index contributed by atoms with van der Waals surface area (Å²) in [6, 6.07) is 7.63. The Labute approximate surface area is 159 Å². The van der Waals surface area contributed by atoms with Gasteiger partial charge in [-0.2, -0.15) is 0 Å². The topological polar surface area (TPSA) is 62.3 Å². The van der Waals surface area contributed by atoms with Crippen LogP contribution < -0.4 is 10.2 Å². The lowest BCUT2D eigenvalue weighted by Crippen LogP contribution is -2.60. The fourth-order valence-corrected chi connectivity index (χ4v) is 4.16. The van der Waals surface area contributed by atoms with Crippen LogP contribution in [0.3, 0.4) is 0 Å². The average Bonchev–Trinajstić information content (AvgIpc) is 3.02. The number of hydrogen-bond acceptors (Lipinski definition) is 3. The lowest BCUT2D eigenvalue weighted by Gasteiger charge is -2.42. The zero-order valence-corrected chi connectivity index (χ0v) is 14.9. The first-order valence-corrected chi connectivity index (χ1v) is 8.98. The van der Waals surface area contributed by atoms with Crippen LogP contribution in [0.15, 0.2) is 42.7 Å². The van der Waals surface area contributed by atoms with Crippen LogP contribution in [0.4, 0.5) is 18.9 Å². The Kier molecular flexibility index (Phi) is 4.36. The van der Waals surface area contributed by atoms with Gasteiger partial charge in [0.25, 0.3) is 11.8 Å². The molecule has 1 saturated carbocycles. The highest BCUT2D eigenvalue weighted by molar-refractivity contribution is 5.98. The van der Waals surface area contributed by atoms with E-state index in [2.05, 4.69) is 10.3 Å². The summed E-state index contributed by atoms with van der Waals surface area (Å²) < 4.78 is 40.2. The maximum Gasteiger partial charge on any atom is 0.252 e. The molecular weight excluding hydrogens is 371 g/mol. The van der Waals surface area contributed by atoms with Gasteiger partial charge in [0.1, 0.15) is 5.82 Å². The van der Waals surface area contributed by atoms with Gasteiger partial charge in [-0.3, -0.25) is 19.5 Å². The summed E-state index contributed by atoms with van der Waals surface area (Å²) >= 11 is 0. The highest BCUT2D eigenvalue weighted by Gasteiger charge is 2.53. The third-order valence-electron chi connectivity index (χ3n) is 5.51. The number of aryl methyl sites for hydroxylation is 1. The fraction of sp³-hybridized carbons (Fsp3) is 0.350. The van der Waals surface area contributed by atoms with Gasteiger partial charge in [-0.1, -0.05) is 24.3 Å². The quantitative estimate of drug-likeness (QED) is 0.800. The smallest absolute Gasteiger partial charge is 0.252 e. The predicted molar refractivity (Wildman–Crippen MR) is 95.3 cm³/mol. The van der Waals surface area contributed by atoms with Gasteiger partial charge in [-0.15, -0.1) is 0 Å². The Balaban J connectivity index is 1.76. The van der Waals surface area contributed by atoms with Crippen LogP contribution in [0.1, 0.15) is 30.4 Å². The van der Waals surface area contributed by atoms with Gasteiger partial charge in [-0.25, -0.2) is 13.2 Å². The van der Waals surface area contributed by atoms with E-state index < -0.39 is 42.1 Å². The summed E-state index contributed by atoms with van der Waals surface area (Å²) in [6.07, 6.45) is 2.68. The molecule has 1 atom stereocenters. The number of halogens is 3. The minimum atomic E-state index is -2.78. The van der Waals surface area contributed by atoms with Crippen LogP contribution in [0.25, 0.3) is 0 Å². The van der Waals surface area contributed by atoms with E-state index in [1.807, 2.05) is 12.1 Å². The standard InChI is InChI=1S/C20H18F3N3O2/c21-14-7-16(11-24-10-14)26(12-27)20(6-5-13-3-1-2-4-17(13)20)18(28)25-15-8-19(22,23)9-15/h1-4,7,10-12,15H,5-6,8-9H2,(H,25,28)/t20-/m1/s1. The van der Waals surface area contributed by atoms with Crippen molar-refractivity contribution in [3.8, 4) is 0 Å². The van der Waals surface area contributed by atoms with Crippen LogP contribution in [-0.2, 0) is 21.5 Å². The molecule has 2 amide bonds. The Morgan fingerprint density at radius 1 is 1.25 bits per heavy atom. The number of aromatic nitrogens is 1. The second-order valence-corrected chi connectivity index (χ2v) is 7.29. The number of carbonyl (C=O) groups is 2. The van der Waals surface area contributed by atoms with Crippen LogP contribution in [-0.4, -0.2) is 29.3 Å². The monoisotopic (exact) mass is 389 g/mol. The molecule has 1 aromatic heterocycles. The highest BCUT2D eigenvalue weighted by atomic mass is 19.3. The SMILES string of the molecule is O=CN(c1cncc(F)c1)[C@]1(C(=O)NC2CC(F)(F)C2)CCc2ccccc21. The van der Waals surface area contributed by atoms with Gasteiger partial charge >= 0.3 is 0 Å². The molecule has 5 nitrogen and oxygen atoms in total. The molecule has 0 aliphatic heterocycles. The molecule has 0 unspecified atom stereocenters. The van der Waals surface area contributed by atoms with Crippen molar-refractivity contribution >= 4 is 18.0 Å². The maximum atomic E-state index is 13.7. The van der Waals surface area contributed by atoms with Gasteiger partial charge in [0.05, 0.1) is 18.1 Å². The third-order valence-corrected chi connectivity index (χ3v) is 5.51. The van der Waals surface area contributed by atoms with E-state index >= 15 is 0 Å². The number of hydrogen-bond donors (Lipinski definition) is 1. The van der Waals surface area contributed by atoms with E-state index in [4.69, 9.17) is 0 Å². The second kappa shape index (κ2) is 6.61. The van der Waals surface area contributed by atoms with Gasteiger partial charge in [0.15, 0.2) is 5.54 Å². The van der Waals surface area contributed by atoms with E-state index in [-0.39, 0.29) is 12.1 Å². The lowest BCUT2D eigenvalue weighted by molar-refractivity contribution is -0.135. The number of carbonyl (C=O) groups excluding carboxylic acids is 2. The average molecular weight is 389 g/mol. The Hall–Kier alpha value is -2.90. The first-order chi connectivity index (χ1) is 13.4. The zero-order chi connectivity index (χ0) is 19.9.